The van der Waals surface area contributed by atoms with Crippen molar-refractivity contribution in [3.63, 3.8) is 0 Å². The first kappa shape index (κ1) is 17.1. The van der Waals surface area contributed by atoms with Gasteiger partial charge in [-0.05, 0) is 55.7 Å². The van der Waals surface area contributed by atoms with Gasteiger partial charge in [0.2, 0.25) is 5.91 Å². The molecule has 0 spiro atoms. The van der Waals surface area contributed by atoms with E-state index in [-0.39, 0.29) is 23.8 Å². The zero-order valence-corrected chi connectivity index (χ0v) is 14.8. The molecule has 25 heavy (non-hydrogen) atoms. The van der Waals surface area contributed by atoms with E-state index in [9.17, 15) is 9.59 Å². The Morgan fingerprint density at radius 1 is 1.20 bits per heavy atom. The number of carbonyl (C=O) groups excluding carboxylic acids is 2. The molecule has 1 heterocycles. The van der Waals surface area contributed by atoms with Gasteiger partial charge in [-0.15, -0.1) is 0 Å². The van der Waals surface area contributed by atoms with Crippen LogP contribution in [0.5, 0.6) is 0 Å². The third-order valence-electron chi connectivity index (χ3n) is 4.86. The number of benzene rings is 1. The maximum Gasteiger partial charge on any atom is 0.254 e. The fraction of sp³-hybridized carbons (Fsp3) is 0.350. The number of nitrogens with zero attached hydrogens (tertiary/aromatic N) is 2. The van der Waals surface area contributed by atoms with E-state index >= 15 is 0 Å². The Balaban J connectivity index is 1.64. The molecule has 2 amide bonds. The summed E-state index contributed by atoms with van der Waals surface area (Å²) in [5, 5.41) is 2.90. The molecule has 130 valence electrons. The SMILES string of the molecule is CC1CC1C(=O)Nc1ccc(C(=O)N(C)C(C)c2ccccn2)cc1. The molecule has 0 radical (unpaired) electrons. The summed E-state index contributed by atoms with van der Waals surface area (Å²) in [5.74, 6) is 0.591. The Kier molecular flexibility index (Phi) is 4.83. The summed E-state index contributed by atoms with van der Waals surface area (Å²) >= 11 is 0. The molecule has 1 aromatic heterocycles. The highest BCUT2D eigenvalue weighted by Gasteiger charge is 2.39. The van der Waals surface area contributed by atoms with Crippen LogP contribution in [0.1, 0.15) is 42.4 Å². The van der Waals surface area contributed by atoms with Gasteiger partial charge < -0.3 is 10.2 Å². The molecule has 0 bridgehead atoms. The predicted molar refractivity (Wildman–Crippen MR) is 97.1 cm³/mol. The Morgan fingerprint density at radius 3 is 2.44 bits per heavy atom. The molecule has 3 atom stereocenters. The lowest BCUT2D eigenvalue weighted by Gasteiger charge is -2.24. The second-order valence-electron chi connectivity index (χ2n) is 6.73. The molecule has 3 unspecified atom stereocenters. The number of rotatable bonds is 5. The van der Waals surface area contributed by atoms with Gasteiger partial charge >= 0.3 is 0 Å². The van der Waals surface area contributed by atoms with Crippen LogP contribution in [0.3, 0.4) is 0 Å². The fourth-order valence-electron chi connectivity index (χ4n) is 2.82. The number of pyridine rings is 1. The Labute approximate surface area is 148 Å². The van der Waals surface area contributed by atoms with Gasteiger partial charge in [-0.2, -0.15) is 0 Å². The summed E-state index contributed by atoms with van der Waals surface area (Å²) < 4.78 is 0. The molecular formula is C20H23N3O2. The number of hydrogen-bond acceptors (Lipinski definition) is 3. The van der Waals surface area contributed by atoms with Crippen molar-refractivity contribution >= 4 is 17.5 Å². The number of anilines is 1. The first-order valence-electron chi connectivity index (χ1n) is 8.56. The second kappa shape index (κ2) is 7.05. The average molecular weight is 337 g/mol. The minimum atomic E-state index is -0.121. The van der Waals surface area contributed by atoms with E-state index < -0.39 is 0 Å². The monoisotopic (exact) mass is 337 g/mol. The Bertz CT molecular complexity index is 758. The molecule has 1 aliphatic rings. The smallest absolute Gasteiger partial charge is 0.254 e. The summed E-state index contributed by atoms with van der Waals surface area (Å²) in [4.78, 5) is 30.6. The normalized spacial score (nSPS) is 19.8. The largest absolute Gasteiger partial charge is 0.333 e. The van der Waals surface area contributed by atoms with Crippen LogP contribution in [0, 0.1) is 11.8 Å². The van der Waals surface area contributed by atoms with Crippen LogP contribution in [0.2, 0.25) is 0 Å². The lowest BCUT2D eigenvalue weighted by Crippen LogP contribution is -2.30. The lowest BCUT2D eigenvalue weighted by molar-refractivity contribution is -0.117. The maximum atomic E-state index is 12.7. The van der Waals surface area contributed by atoms with Gasteiger partial charge in [0.05, 0.1) is 11.7 Å². The third kappa shape index (κ3) is 3.87. The molecule has 5 heteroatoms. The van der Waals surface area contributed by atoms with Gasteiger partial charge in [0.15, 0.2) is 0 Å². The molecule has 1 N–H and O–H groups in total. The predicted octanol–water partition coefficient (Wildman–Crippen LogP) is 3.51. The average Bonchev–Trinajstić information content (AvgIpc) is 3.38. The van der Waals surface area contributed by atoms with Crippen LogP contribution in [0.25, 0.3) is 0 Å². The number of nitrogens with one attached hydrogen (secondary N) is 1. The van der Waals surface area contributed by atoms with Crippen molar-refractivity contribution in [2.45, 2.75) is 26.3 Å². The van der Waals surface area contributed by atoms with E-state index in [0.29, 0.717) is 11.5 Å². The van der Waals surface area contributed by atoms with E-state index in [1.165, 1.54) is 0 Å². The van der Waals surface area contributed by atoms with Crippen LogP contribution in [0.4, 0.5) is 5.69 Å². The second-order valence-corrected chi connectivity index (χ2v) is 6.73. The summed E-state index contributed by atoms with van der Waals surface area (Å²) in [6.07, 6.45) is 2.68. The molecule has 0 saturated heterocycles. The lowest BCUT2D eigenvalue weighted by atomic mass is 10.1. The first-order chi connectivity index (χ1) is 12.0. The molecule has 1 fully saturated rings. The standard InChI is InChI=1S/C20H23N3O2/c1-13-12-17(13)19(24)22-16-9-7-15(8-10-16)20(25)23(3)14(2)18-6-4-5-11-21-18/h4-11,13-14,17H,12H2,1-3H3,(H,22,24). The quantitative estimate of drug-likeness (QED) is 0.908. The zero-order valence-electron chi connectivity index (χ0n) is 14.8. The topological polar surface area (TPSA) is 62.3 Å². The molecular weight excluding hydrogens is 314 g/mol. The first-order valence-corrected chi connectivity index (χ1v) is 8.56. The van der Waals surface area contributed by atoms with Gasteiger partial charge in [0, 0.05) is 30.4 Å². The van der Waals surface area contributed by atoms with E-state index in [2.05, 4.69) is 17.2 Å². The number of amides is 2. The van der Waals surface area contributed by atoms with Crippen molar-refractivity contribution in [2.24, 2.45) is 11.8 Å². The molecule has 1 aromatic carbocycles. The van der Waals surface area contributed by atoms with E-state index in [4.69, 9.17) is 0 Å². The van der Waals surface area contributed by atoms with Crippen molar-refractivity contribution in [1.82, 2.24) is 9.88 Å². The van der Waals surface area contributed by atoms with E-state index in [1.54, 1.807) is 42.4 Å². The summed E-state index contributed by atoms with van der Waals surface area (Å²) in [5.41, 5.74) is 2.16. The van der Waals surface area contributed by atoms with E-state index in [0.717, 1.165) is 17.8 Å². The van der Waals surface area contributed by atoms with Crippen LogP contribution in [-0.2, 0) is 4.79 Å². The van der Waals surface area contributed by atoms with Crippen molar-refractivity contribution in [1.29, 1.82) is 0 Å². The maximum absolute atomic E-state index is 12.7. The van der Waals surface area contributed by atoms with Crippen LogP contribution < -0.4 is 5.32 Å². The van der Waals surface area contributed by atoms with Gasteiger partial charge in [-0.1, -0.05) is 13.0 Å². The van der Waals surface area contributed by atoms with Gasteiger partial charge in [-0.3, -0.25) is 14.6 Å². The van der Waals surface area contributed by atoms with Gasteiger partial charge in [0.25, 0.3) is 5.91 Å². The van der Waals surface area contributed by atoms with Crippen molar-refractivity contribution < 1.29 is 9.59 Å². The summed E-state index contributed by atoms with van der Waals surface area (Å²) in [6.45, 7) is 4.02. The fourth-order valence-corrected chi connectivity index (χ4v) is 2.82. The molecule has 2 aromatic rings. The molecule has 0 aliphatic heterocycles. The van der Waals surface area contributed by atoms with Crippen molar-refractivity contribution in [3.05, 3.63) is 59.9 Å². The third-order valence-corrected chi connectivity index (χ3v) is 4.86. The zero-order chi connectivity index (χ0) is 18.0. The van der Waals surface area contributed by atoms with Crippen LogP contribution in [0.15, 0.2) is 48.7 Å². The van der Waals surface area contributed by atoms with Crippen molar-refractivity contribution in [2.75, 3.05) is 12.4 Å². The molecule has 3 rings (SSSR count). The number of aromatic nitrogens is 1. The summed E-state index contributed by atoms with van der Waals surface area (Å²) in [6, 6.07) is 12.6. The molecule has 5 nitrogen and oxygen atoms in total. The molecule has 1 aliphatic carbocycles. The Hall–Kier alpha value is -2.69. The minimum absolute atomic E-state index is 0.0625. The highest BCUT2D eigenvalue weighted by atomic mass is 16.2. The summed E-state index contributed by atoms with van der Waals surface area (Å²) in [7, 11) is 1.77. The minimum Gasteiger partial charge on any atom is -0.333 e. The molecule has 1 saturated carbocycles. The van der Waals surface area contributed by atoms with Gasteiger partial charge in [0.1, 0.15) is 0 Å². The van der Waals surface area contributed by atoms with Crippen LogP contribution in [-0.4, -0.2) is 28.7 Å². The van der Waals surface area contributed by atoms with Crippen LogP contribution >= 0.6 is 0 Å². The highest BCUT2D eigenvalue weighted by Crippen LogP contribution is 2.38. The highest BCUT2D eigenvalue weighted by molar-refractivity contribution is 5.97. The Morgan fingerprint density at radius 2 is 1.88 bits per heavy atom. The number of hydrogen-bond donors (Lipinski definition) is 1. The number of carbonyl (C=O) groups is 2. The van der Waals surface area contributed by atoms with E-state index in [1.807, 2.05) is 25.1 Å². The van der Waals surface area contributed by atoms with Gasteiger partial charge in [-0.25, -0.2) is 0 Å². The van der Waals surface area contributed by atoms with Crippen molar-refractivity contribution in [3.8, 4) is 0 Å².